The summed E-state index contributed by atoms with van der Waals surface area (Å²) in [5, 5.41) is 11.7. The molecule has 8 nitrogen and oxygen atoms in total. The number of amidine groups is 1. The van der Waals surface area contributed by atoms with Crippen LogP contribution in [0.25, 0.3) is 0 Å². The fourth-order valence-corrected chi connectivity index (χ4v) is 4.16. The summed E-state index contributed by atoms with van der Waals surface area (Å²) in [6, 6.07) is 13.3. The number of nitrogens with zero attached hydrogens (tertiary/aromatic N) is 3. The lowest BCUT2D eigenvalue weighted by molar-refractivity contribution is -0.385. The quantitative estimate of drug-likeness (QED) is 0.501. The standard InChI is InChI=1S/C20H21N3O5S/c1-3-15-13-29-20(21-14-8-10-16(27-2)11-9-14)22(15)19(24)12-28-18-7-5-4-6-17(18)23(25)26/h4-11,15H,3,12-13H2,1-2H3/t15-/m0/s1. The van der Waals surface area contributed by atoms with E-state index in [1.807, 2.05) is 19.1 Å². The Balaban J connectivity index is 1.77. The molecule has 2 aromatic rings. The molecule has 0 saturated carbocycles. The van der Waals surface area contributed by atoms with Gasteiger partial charge in [-0.2, -0.15) is 0 Å². The van der Waals surface area contributed by atoms with Gasteiger partial charge in [-0.1, -0.05) is 30.8 Å². The van der Waals surface area contributed by atoms with E-state index in [1.54, 1.807) is 36.3 Å². The first-order valence-corrected chi connectivity index (χ1v) is 10.1. The molecule has 0 unspecified atom stereocenters. The van der Waals surface area contributed by atoms with E-state index >= 15 is 0 Å². The predicted molar refractivity (Wildman–Crippen MR) is 112 cm³/mol. The molecule has 0 aliphatic carbocycles. The second kappa shape index (κ2) is 9.42. The second-order valence-corrected chi connectivity index (χ2v) is 7.23. The first-order valence-electron chi connectivity index (χ1n) is 9.07. The number of aliphatic imine (C=N–C) groups is 1. The summed E-state index contributed by atoms with van der Waals surface area (Å²) in [6.07, 6.45) is 0.770. The smallest absolute Gasteiger partial charge is 0.310 e. The van der Waals surface area contributed by atoms with Crippen LogP contribution in [0.15, 0.2) is 53.5 Å². The first kappa shape index (κ1) is 20.7. The number of benzene rings is 2. The number of hydrogen-bond acceptors (Lipinski definition) is 7. The van der Waals surface area contributed by atoms with Crippen LogP contribution in [-0.4, -0.2) is 46.4 Å². The summed E-state index contributed by atoms with van der Waals surface area (Å²) in [7, 11) is 1.59. The number of carbonyl (C=O) groups excluding carboxylic acids is 1. The highest BCUT2D eigenvalue weighted by Gasteiger charge is 2.34. The predicted octanol–water partition coefficient (Wildman–Crippen LogP) is 4.02. The normalized spacial score (nSPS) is 17.4. The zero-order chi connectivity index (χ0) is 20.8. The number of methoxy groups -OCH3 is 1. The van der Waals surface area contributed by atoms with Crippen molar-refractivity contribution in [3.63, 3.8) is 0 Å². The molecular formula is C20H21N3O5S. The maximum absolute atomic E-state index is 12.9. The van der Waals surface area contributed by atoms with Crippen LogP contribution in [-0.2, 0) is 4.79 Å². The molecule has 1 atom stereocenters. The summed E-state index contributed by atoms with van der Waals surface area (Å²) in [5.41, 5.74) is 0.540. The molecular weight excluding hydrogens is 394 g/mol. The second-order valence-electron chi connectivity index (χ2n) is 6.24. The van der Waals surface area contributed by atoms with Crippen molar-refractivity contribution in [1.29, 1.82) is 0 Å². The Morgan fingerprint density at radius 2 is 2.00 bits per heavy atom. The number of para-hydroxylation sites is 2. The summed E-state index contributed by atoms with van der Waals surface area (Å²) < 4.78 is 10.6. The molecule has 3 rings (SSSR count). The monoisotopic (exact) mass is 415 g/mol. The maximum Gasteiger partial charge on any atom is 0.310 e. The van der Waals surface area contributed by atoms with E-state index < -0.39 is 4.92 Å². The van der Waals surface area contributed by atoms with Gasteiger partial charge in [0.1, 0.15) is 5.75 Å². The largest absolute Gasteiger partial charge is 0.497 e. The topological polar surface area (TPSA) is 94.3 Å². The number of nitro benzene ring substituents is 1. The summed E-state index contributed by atoms with van der Waals surface area (Å²) in [6.45, 7) is 1.70. The van der Waals surface area contributed by atoms with E-state index in [2.05, 4.69) is 4.99 Å². The maximum atomic E-state index is 12.9. The minimum Gasteiger partial charge on any atom is -0.497 e. The van der Waals surface area contributed by atoms with Gasteiger partial charge in [0.25, 0.3) is 5.91 Å². The van der Waals surface area contributed by atoms with Crippen molar-refractivity contribution in [2.24, 2.45) is 4.99 Å². The molecule has 1 saturated heterocycles. The average Bonchev–Trinajstić information content (AvgIpc) is 3.15. The fourth-order valence-electron chi connectivity index (χ4n) is 2.87. The molecule has 0 N–H and O–H groups in total. The molecule has 1 aliphatic heterocycles. The van der Waals surface area contributed by atoms with Crippen LogP contribution in [0.5, 0.6) is 11.5 Å². The molecule has 2 aromatic carbocycles. The van der Waals surface area contributed by atoms with Gasteiger partial charge < -0.3 is 9.47 Å². The SMILES string of the molecule is CC[C@H]1CSC(=Nc2ccc(OC)cc2)N1C(=O)COc1ccccc1[N+](=O)[O-]. The summed E-state index contributed by atoms with van der Waals surface area (Å²) in [5.74, 6) is 1.25. The van der Waals surface area contributed by atoms with Crippen LogP contribution >= 0.6 is 11.8 Å². The Labute approximate surface area is 172 Å². The highest BCUT2D eigenvalue weighted by atomic mass is 32.2. The molecule has 0 spiro atoms. The van der Waals surface area contributed by atoms with Crippen molar-refractivity contribution in [3.05, 3.63) is 58.6 Å². The summed E-state index contributed by atoms with van der Waals surface area (Å²) >= 11 is 1.51. The highest BCUT2D eigenvalue weighted by Crippen LogP contribution is 2.30. The third-order valence-electron chi connectivity index (χ3n) is 4.43. The zero-order valence-electron chi connectivity index (χ0n) is 16.1. The number of amides is 1. The molecule has 0 bridgehead atoms. The Bertz CT molecular complexity index is 917. The van der Waals surface area contributed by atoms with Crippen LogP contribution in [0.1, 0.15) is 13.3 Å². The lowest BCUT2D eigenvalue weighted by Gasteiger charge is -2.23. The molecule has 0 aromatic heterocycles. The van der Waals surface area contributed by atoms with E-state index in [0.717, 1.165) is 17.9 Å². The number of hydrogen-bond donors (Lipinski definition) is 0. The van der Waals surface area contributed by atoms with E-state index in [0.29, 0.717) is 10.9 Å². The molecule has 152 valence electrons. The van der Waals surface area contributed by atoms with Crippen molar-refractivity contribution in [2.45, 2.75) is 19.4 Å². The molecule has 0 radical (unpaired) electrons. The van der Waals surface area contributed by atoms with Crippen molar-refractivity contribution < 1.29 is 19.2 Å². The molecule has 1 heterocycles. The first-order chi connectivity index (χ1) is 14.0. The lowest BCUT2D eigenvalue weighted by Crippen LogP contribution is -2.41. The van der Waals surface area contributed by atoms with Crippen molar-refractivity contribution >= 4 is 34.2 Å². The van der Waals surface area contributed by atoms with E-state index in [-0.39, 0.29) is 30.0 Å². The van der Waals surface area contributed by atoms with Crippen LogP contribution < -0.4 is 9.47 Å². The van der Waals surface area contributed by atoms with Gasteiger partial charge in [-0.3, -0.25) is 19.8 Å². The zero-order valence-corrected chi connectivity index (χ0v) is 16.9. The Morgan fingerprint density at radius 1 is 1.28 bits per heavy atom. The molecule has 29 heavy (non-hydrogen) atoms. The van der Waals surface area contributed by atoms with Crippen LogP contribution in [0.3, 0.4) is 0 Å². The van der Waals surface area contributed by atoms with Gasteiger partial charge in [0.05, 0.1) is 17.7 Å². The van der Waals surface area contributed by atoms with Gasteiger partial charge in [-0.15, -0.1) is 0 Å². The van der Waals surface area contributed by atoms with Gasteiger partial charge in [0.15, 0.2) is 17.5 Å². The van der Waals surface area contributed by atoms with E-state index in [1.165, 1.54) is 23.9 Å². The van der Waals surface area contributed by atoms with Crippen molar-refractivity contribution in [2.75, 3.05) is 19.5 Å². The Morgan fingerprint density at radius 3 is 2.66 bits per heavy atom. The molecule has 1 amide bonds. The van der Waals surface area contributed by atoms with Gasteiger partial charge >= 0.3 is 5.69 Å². The number of rotatable bonds is 7. The van der Waals surface area contributed by atoms with Crippen LogP contribution in [0.2, 0.25) is 0 Å². The fraction of sp³-hybridized carbons (Fsp3) is 0.300. The van der Waals surface area contributed by atoms with Crippen LogP contribution in [0.4, 0.5) is 11.4 Å². The Hall–Kier alpha value is -3.07. The summed E-state index contributed by atoms with van der Waals surface area (Å²) in [4.78, 5) is 29.7. The minimum absolute atomic E-state index is 0.00106. The third-order valence-corrected chi connectivity index (χ3v) is 5.52. The molecule has 1 aliphatic rings. The van der Waals surface area contributed by atoms with E-state index in [9.17, 15) is 14.9 Å². The molecule has 9 heteroatoms. The Kier molecular flexibility index (Phi) is 6.71. The number of thioether (sulfide) groups is 1. The van der Waals surface area contributed by atoms with Crippen molar-refractivity contribution in [3.8, 4) is 11.5 Å². The lowest BCUT2D eigenvalue weighted by atomic mass is 10.2. The van der Waals surface area contributed by atoms with Crippen molar-refractivity contribution in [1.82, 2.24) is 4.90 Å². The van der Waals surface area contributed by atoms with Gasteiger partial charge in [-0.05, 0) is 36.8 Å². The average molecular weight is 415 g/mol. The minimum atomic E-state index is -0.531. The molecule has 1 fully saturated rings. The van der Waals surface area contributed by atoms with Gasteiger partial charge in [0, 0.05) is 17.9 Å². The van der Waals surface area contributed by atoms with Gasteiger partial charge in [-0.25, -0.2) is 4.99 Å². The number of carbonyl (C=O) groups is 1. The number of nitro groups is 1. The number of ether oxygens (including phenoxy) is 2. The third kappa shape index (κ3) is 4.86. The van der Waals surface area contributed by atoms with Crippen LogP contribution in [0, 0.1) is 10.1 Å². The van der Waals surface area contributed by atoms with E-state index in [4.69, 9.17) is 9.47 Å². The van der Waals surface area contributed by atoms with Gasteiger partial charge in [0.2, 0.25) is 0 Å². The highest BCUT2D eigenvalue weighted by molar-refractivity contribution is 8.14.